The van der Waals surface area contributed by atoms with Crippen molar-refractivity contribution in [2.45, 2.75) is 26.3 Å². The van der Waals surface area contributed by atoms with Crippen LogP contribution in [0.5, 0.6) is 5.88 Å². The second-order valence-electron chi connectivity index (χ2n) is 3.36. The highest BCUT2D eigenvalue weighted by Crippen LogP contribution is 2.16. The zero-order chi connectivity index (χ0) is 11.4. The monoisotopic (exact) mass is 210 g/mol. The Bertz CT molecular complexity index is 366. The highest BCUT2D eigenvalue weighted by Gasteiger charge is 2.08. The number of carboxylic acids is 1. The van der Waals surface area contributed by atoms with Gasteiger partial charge in [-0.05, 0) is 19.4 Å². The van der Waals surface area contributed by atoms with Gasteiger partial charge in [0.25, 0.3) is 0 Å². The van der Waals surface area contributed by atoms with E-state index in [2.05, 4.69) is 10.3 Å². The molecule has 1 aromatic rings. The van der Waals surface area contributed by atoms with Gasteiger partial charge in [0.2, 0.25) is 5.88 Å². The Hall–Kier alpha value is -1.78. The first-order valence-electron chi connectivity index (χ1n) is 4.73. The van der Waals surface area contributed by atoms with E-state index in [1.54, 1.807) is 0 Å². The summed E-state index contributed by atoms with van der Waals surface area (Å²) < 4.78 is 0. The minimum atomic E-state index is -1.08. The van der Waals surface area contributed by atoms with Crippen LogP contribution in [0.2, 0.25) is 0 Å². The van der Waals surface area contributed by atoms with E-state index >= 15 is 0 Å². The van der Waals surface area contributed by atoms with E-state index in [9.17, 15) is 9.90 Å². The second-order valence-corrected chi connectivity index (χ2v) is 3.36. The number of anilines is 1. The lowest BCUT2D eigenvalue weighted by molar-refractivity contribution is 0.0696. The van der Waals surface area contributed by atoms with Gasteiger partial charge in [0.05, 0.1) is 5.56 Å². The lowest BCUT2D eigenvalue weighted by Gasteiger charge is -2.12. The van der Waals surface area contributed by atoms with E-state index < -0.39 is 5.97 Å². The molecule has 0 fully saturated rings. The van der Waals surface area contributed by atoms with Crippen molar-refractivity contribution in [3.05, 3.63) is 17.7 Å². The Morgan fingerprint density at radius 1 is 1.60 bits per heavy atom. The van der Waals surface area contributed by atoms with Gasteiger partial charge in [-0.15, -0.1) is 0 Å². The molecule has 0 spiro atoms. The van der Waals surface area contributed by atoms with Crippen molar-refractivity contribution in [1.29, 1.82) is 0 Å². The molecule has 3 N–H and O–H groups in total. The standard InChI is InChI=1S/C10H14N2O3/c1-3-6(2)11-8-4-7(10(14)15)5-9(13)12-8/h4-6H,3H2,1-2H3,(H,14,15)(H2,11,12,13). The Labute approximate surface area is 87.8 Å². The number of aromatic carboxylic acids is 1. The largest absolute Gasteiger partial charge is 0.493 e. The normalized spacial score (nSPS) is 12.1. The molecule has 0 aromatic carbocycles. The van der Waals surface area contributed by atoms with Crippen LogP contribution in [-0.4, -0.2) is 27.2 Å². The van der Waals surface area contributed by atoms with Crippen LogP contribution in [0.3, 0.4) is 0 Å². The summed E-state index contributed by atoms with van der Waals surface area (Å²) in [6.07, 6.45) is 0.889. The van der Waals surface area contributed by atoms with E-state index in [1.165, 1.54) is 6.07 Å². The van der Waals surface area contributed by atoms with Crippen LogP contribution in [0, 0.1) is 0 Å². The average molecular weight is 210 g/mol. The zero-order valence-corrected chi connectivity index (χ0v) is 8.69. The maximum atomic E-state index is 10.7. The summed E-state index contributed by atoms with van der Waals surface area (Å²) >= 11 is 0. The summed E-state index contributed by atoms with van der Waals surface area (Å²) in [5.74, 6) is -0.998. The molecule has 0 bridgehead atoms. The summed E-state index contributed by atoms with van der Waals surface area (Å²) in [5, 5.41) is 21.0. The molecular formula is C10H14N2O3. The van der Waals surface area contributed by atoms with Gasteiger partial charge in [-0.25, -0.2) is 4.79 Å². The van der Waals surface area contributed by atoms with Crippen LogP contribution < -0.4 is 5.32 Å². The molecule has 1 aromatic heterocycles. The smallest absolute Gasteiger partial charge is 0.336 e. The zero-order valence-electron chi connectivity index (χ0n) is 8.69. The van der Waals surface area contributed by atoms with Crippen molar-refractivity contribution in [2.24, 2.45) is 0 Å². The van der Waals surface area contributed by atoms with Gasteiger partial charge in [0, 0.05) is 12.1 Å². The Morgan fingerprint density at radius 3 is 2.80 bits per heavy atom. The highest BCUT2D eigenvalue weighted by molar-refractivity contribution is 5.88. The first-order valence-corrected chi connectivity index (χ1v) is 4.73. The fourth-order valence-electron chi connectivity index (χ4n) is 1.07. The molecule has 0 amide bonds. The third kappa shape index (κ3) is 3.12. The van der Waals surface area contributed by atoms with Gasteiger partial charge < -0.3 is 15.5 Å². The average Bonchev–Trinajstić information content (AvgIpc) is 2.16. The number of carboxylic acid groups (broad SMARTS) is 1. The van der Waals surface area contributed by atoms with Crippen LogP contribution in [0.4, 0.5) is 5.82 Å². The summed E-state index contributed by atoms with van der Waals surface area (Å²) in [7, 11) is 0. The second kappa shape index (κ2) is 4.63. The molecule has 0 aliphatic rings. The summed E-state index contributed by atoms with van der Waals surface area (Å²) in [5.41, 5.74) is 0.0216. The van der Waals surface area contributed by atoms with Crippen LogP contribution >= 0.6 is 0 Å². The number of carbonyl (C=O) groups is 1. The van der Waals surface area contributed by atoms with E-state index in [-0.39, 0.29) is 17.5 Å². The maximum Gasteiger partial charge on any atom is 0.336 e. The Kier molecular flexibility index (Phi) is 3.49. The number of hydrogen-bond acceptors (Lipinski definition) is 4. The predicted octanol–water partition coefficient (Wildman–Crippen LogP) is 1.70. The quantitative estimate of drug-likeness (QED) is 0.704. The van der Waals surface area contributed by atoms with E-state index in [4.69, 9.17) is 5.11 Å². The minimum Gasteiger partial charge on any atom is -0.493 e. The molecule has 0 aliphatic heterocycles. The molecular weight excluding hydrogens is 196 g/mol. The minimum absolute atomic E-state index is 0.0216. The van der Waals surface area contributed by atoms with Crippen molar-refractivity contribution < 1.29 is 15.0 Å². The first kappa shape index (κ1) is 11.3. The Balaban J connectivity index is 2.93. The molecule has 5 heteroatoms. The van der Waals surface area contributed by atoms with Gasteiger partial charge in [-0.2, -0.15) is 4.98 Å². The third-order valence-corrected chi connectivity index (χ3v) is 2.07. The molecule has 1 heterocycles. The number of aromatic nitrogens is 1. The predicted molar refractivity (Wildman–Crippen MR) is 56.2 cm³/mol. The van der Waals surface area contributed by atoms with Gasteiger partial charge in [-0.3, -0.25) is 0 Å². The maximum absolute atomic E-state index is 10.7. The van der Waals surface area contributed by atoms with E-state index in [1.807, 2.05) is 13.8 Å². The molecule has 0 saturated carbocycles. The van der Waals surface area contributed by atoms with Crippen molar-refractivity contribution in [1.82, 2.24) is 4.98 Å². The molecule has 0 saturated heterocycles. The molecule has 0 aliphatic carbocycles. The molecule has 15 heavy (non-hydrogen) atoms. The highest BCUT2D eigenvalue weighted by atomic mass is 16.4. The number of nitrogens with one attached hydrogen (secondary N) is 1. The molecule has 1 atom stereocenters. The van der Waals surface area contributed by atoms with Crippen molar-refractivity contribution in [2.75, 3.05) is 5.32 Å². The fourth-order valence-corrected chi connectivity index (χ4v) is 1.07. The SMILES string of the molecule is CCC(C)Nc1cc(C(=O)O)cc(O)n1. The topological polar surface area (TPSA) is 82.5 Å². The summed E-state index contributed by atoms with van der Waals surface area (Å²) in [6, 6.07) is 2.69. The third-order valence-electron chi connectivity index (χ3n) is 2.07. The van der Waals surface area contributed by atoms with Gasteiger partial charge >= 0.3 is 5.97 Å². The number of nitrogens with zero attached hydrogens (tertiary/aromatic N) is 1. The lowest BCUT2D eigenvalue weighted by atomic mass is 10.2. The van der Waals surface area contributed by atoms with Crippen LogP contribution in [0.1, 0.15) is 30.6 Å². The van der Waals surface area contributed by atoms with Crippen LogP contribution in [0.25, 0.3) is 0 Å². The molecule has 82 valence electrons. The van der Waals surface area contributed by atoms with Crippen LogP contribution in [0.15, 0.2) is 12.1 Å². The molecule has 5 nitrogen and oxygen atoms in total. The number of rotatable bonds is 4. The van der Waals surface area contributed by atoms with E-state index in [0.717, 1.165) is 12.5 Å². The van der Waals surface area contributed by atoms with Crippen LogP contribution in [-0.2, 0) is 0 Å². The lowest BCUT2D eigenvalue weighted by Crippen LogP contribution is -2.15. The Morgan fingerprint density at radius 2 is 2.27 bits per heavy atom. The first-order chi connectivity index (χ1) is 7.02. The number of aromatic hydroxyl groups is 1. The van der Waals surface area contributed by atoms with Gasteiger partial charge in [0.1, 0.15) is 5.82 Å². The summed E-state index contributed by atoms with van der Waals surface area (Å²) in [4.78, 5) is 14.5. The van der Waals surface area contributed by atoms with Gasteiger partial charge in [-0.1, -0.05) is 6.92 Å². The number of pyridine rings is 1. The summed E-state index contributed by atoms with van der Waals surface area (Å²) in [6.45, 7) is 3.95. The van der Waals surface area contributed by atoms with Crippen molar-refractivity contribution >= 4 is 11.8 Å². The van der Waals surface area contributed by atoms with Gasteiger partial charge in [0.15, 0.2) is 0 Å². The fraction of sp³-hybridized carbons (Fsp3) is 0.400. The molecule has 0 radical (unpaired) electrons. The van der Waals surface area contributed by atoms with Crippen molar-refractivity contribution in [3.63, 3.8) is 0 Å². The molecule has 1 unspecified atom stereocenters. The van der Waals surface area contributed by atoms with E-state index in [0.29, 0.717) is 5.82 Å². The van der Waals surface area contributed by atoms with Crippen molar-refractivity contribution in [3.8, 4) is 5.88 Å². The molecule has 1 rings (SSSR count). The number of hydrogen-bond donors (Lipinski definition) is 3.